The highest BCUT2D eigenvalue weighted by Gasteiger charge is 2.35. The first-order chi connectivity index (χ1) is 15.4. The van der Waals surface area contributed by atoms with Crippen molar-refractivity contribution in [1.82, 2.24) is 4.98 Å². The Bertz CT molecular complexity index is 1030. The third-order valence-corrected chi connectivity index (χ3v) is 6.13. The number of aromatic nitrogens is 1. The molecule has 2 atom stereocenters. The lowest BCUT2D eigenvalue weighted by atomic mass is 9.75. The Morgan fingerprint density at radius 1 is 1.12 bits per heavy atom. The predicted molar refractivity (Wildman–Crippen MR) is 119 cm³/mol. The molecule has 1 aliphatic rings. The van der Waals surface area contributed by atoms with Gasteiger partial charge in [-0.15, -0.1) is 0 Å². The number of ether oxygens (including phenoxy) is 1. The minimum Gasteiger partial charge on any atom is -0.460 e. The van der Waals surface area contributed by atoms with Crippen LogP contribution in [0.1, 0.15) is 80.7 Å². The van der Waals surface area contributed by atoms with Gasteiger partial charge in [-0.2, -0.15) is 13.2 Å². The van der Waals surface area contributed by atoms with Crippen LogP contribution in [-0.2, 0) is 26.9 Å². The molecule has 0 saturated carbocycles. The normalized spacial score (nSPS) is 18.5. The van der Waals surface area contributed by atoms with E-state index in [9.17, 15) is 22.8 Å². The predicted octanol–water partition coefficient (Wildman–Crippen LogP) is 6.65. The molecule has 0 spiro atoms. The molecule has 0 aliphatic heterocycles. The molecular weight excluding hydrogens is 455 g/mol. The summed E-state index contributed by atoms with van der Waals surface area (Å²) in [5.74, 6) is -0.937. The van der Waals surface area contributed by atoms with E-state index in [2.05, 4.69) is 4.98 Å². The first kappa shape index (κ1) is 25.2. The third kappa shape index (κ3) is 6.34. The molecule has 1 aromatic heterocycles. The first-order valence-corrected chi connectivity index (χ1v) is 11.3. The molecule has 3 rings (SSSR count). The van der Waals surface area contributed by atoms with Crippen molar-refractivity contribution in [3.63, 3.8) is 0 Å². The number of halogens is 4. The van der Waals surface area contributed by atoms with Crippen LogP contribution < -0.4 is 0 Å². The Morgan fingerprint density at radius 2 is 1.85 bits per heavy atom. The lowest BCUT2D eigenvalue weighted by molar-refractivity contribution is -0.155. The van der Waals surface area contributed by atoms with Gasteiger partial charge in [0.05, 0.1) is 17.0 Å². The number of esters is 1. The van der Waals surface area contributed by atoms with E-state index in [1.807, 2.05) is 26.8 Å². The number of Topliss-reactive ketones (excluding diaryl/α,β-unsaturated/α-hetero) is 1. The Kier molecular flexibility index (Phi) is 7.52. The topological polar surface area (TPSA) is 56.3 Å². The monoisotopic (exact) mass is 481 g/mol. The fourth-order valence-corrected chi connectivity index (χ4v) is 4.59. The Morgan fingerprint density at radius 3 is 2.52 bits per heavy atom. The number of carbonyl (C=O) groups excluding carboxylic acids is 2. The second-order valence-electron chi connectivity index (χ2n) is 9.34. The minimum atomic E-state index is -4.55. The highest BCUT2D eigenvalue weighted by molar-refractivity contribution is 6.32. The van der Waals surface area contributed by atoms with E-state index in [1.165, 1.54) is 12.1 Å². The summed E-state index contributed by atoms with van der Waals surface area (Å²) in [7, 11) is 0. The van der Waals surface area contributed by atoms with Crippen molar-refractivity contribution in [3.05, 3.63) is 63.9 Å². The zero-order chi connectivity index (χ0) is 24.4. The highest BCUT2D eigenvalue weighted by Crippen LogP contribution is 2.41. The smallest absolute Gasteiger partial charge is 0.417 e. The van der Waals surface area contributed by atoms with Crippen molar-refractivity contribution in [3.8, 4) is 0 Å². The van der Waals surface area contributed by atoms with Gasteiger partial charge in [-0.05, 0) is 63.3 Å². The standard InChI is InChI=1S/C25H27ClF3NO3/c1-24(2,3)33-21(32)14-16-9-11-17(18-7-5-13-30-23(16)18)20(31)12-10-15-6-4-8-19(22(15)26)25(27,28)29/h4-8,13,16-17H,9-12,14H2,1-3H3. The summed E-state index contributed by atoms with van der Waals surface area (Å²) in [6.45, 7) is 5.43. The van der Waals surface area contributed by atoms with Crippen LogP contribution in [0.4, 0.5) is 13.2 Å². The second kappa shape index (κ2) is 9.84. The van der Waals surface area contributed by atoms with Crippen LogP contribution in [0.5, 0.6) is 0 Å². The summed E-state index contributed by atoms with van der Waals surface area (Å²) in [5.41, 5.74) is 0.306. The lowest BCUT2D eigenvalue weighted by Gasteiger charge is -2.30. The minimum absolute atomic E-state index is 0.0662. The molecule has 8 heteroatoms. The molecule has 0 N–H and O–H groups in total. The van der Waals surface area contributed by atoms with Crippen molar-refractivity contribution < 1.29 is 27.5 Å². The first-order valence-electron chi connectivity index (χ1n) is 10.9. The molecule has 0 bridgehead atoms. The van der Waals surface area contributed by atoms with E-state index in [1.54, 1.807) is 12.3 Å². The maximum atomic E-state index is 13.1. The van der Waals surface area contributed by atoms with Crippen molar-refractivity contribution >= 4 is 23.4 Å². The van der Waals surface area contributed by atoms with E-state index < -0.39 is 23.3 Å². The van der Waals surface area contributed by atoms with Gasteiger partial charge in [0, 0.05) is 30.1 Å². The number of alkyl halides is 3. The molecule has 1 aromatic carbocycles. The summed E-state index contributed by atoms with van der Waals surface area (Å²) in [6, 6.07) is 7.33. The number of hydrogen-bond acceptors (Lipinski definition) is 4. The maximum Gasteiger partial charge on any atom is 0.417 e. The van der Waals surface area contributed by atoms with Gasteiger partial charge in [-0.1, -0.05) is 29.8 Å². The van der Waals surface area contributed by atoms with Crippen molar-refractivity contribution in [2.24, 2.45) is 0 Å². The zero-order valence-corrected chi connectivity index (χ0v) is 19.6. The van der Waals surface area contributed by atoms with Gasteiger partial charge in [0.25, 0.3) is 0 Å². The fourth-order valence-electron chi connectivity index (χ4n) is 4.27. The summed E-state index contributed by atoms with van der Waals surface area (Å²) in [5, 5.41) is -0.360. The van der Waals surface area contributed by atoms with Gasteiger partial charge < -0.3 is 4.74 Å². The van der Waals surface area contributed by atoms with Gasteiger partial charge >= 0.3 is 12.1 Å². The van der Waals surface area contributed by atoms with Crippen LogP contribution in [0.3, 0.4) is 0 Å². The van der Waals surface area contributed by atoms with E-state index in [4.69, 9.17) is 16.3 Å². The van der Waals surface area contributed by atoms with Crippen LogP contribution in [0.25, 0.3) is 0 Å². The van der Waals surface area contributed by atoms with Crippen LogP contribution >= 0.6 is 11.6 Å². The van der Waals surface area contributed by atoms with Gasteiger partial charge in [0.15, 0.2) is 0 Å². The molecule has 4 nitrogen and oxygen atoms in total. The van der Waals surface area contributed by atoms with Crippen molar-refractivity contribution in [2.45, 2.75) is 76.5 Å². The number of benzene rings is 1. The third-order valence-electron chi connectivity index (χ3n) is 5.68. The SMILES string of the molecule is CC(C)(C)OC(=O)CC1CCC(C(=O)CCc2cccc(C(F)(F)F)c2Cl)c2cccnc21. The average Bonchev–Trinajstić information content (AvgIpc) is 2.71. The van der Waals surface area contributed by atoms with Gasteiger partial charge in [-0.25, -0.2) is 0 Å². The van der Waals surface area contributed by atoms with Crippen molar-refractivity contribution in [1.29, 1.82) is 0 Å². The number of ketones is 1. The Hall–Kier alpha value is -2.41. The summed E-state index contributed by atoms with van der Waals surface area (Å²) in [6.07, 6.45) is -1.40. The van der Waals surface area contributed by atoms with Gasteiger partial charge in [-0.3, -0.25) is 14.6 Å². The Labute approximate surface area is 196 Å². The molecule has 0 amide bonds. The fraction of sp³-hybridized carbons (Fsp3) is 0.480. The summed E-state index contributed by atoms with van der Waals surface area (Å²) >= 11 is 5.97. The average molecular weight is 482 g/mol. The molecule has 1 heterocycles. The molecule has 178 valence electrons. The summed E-state index contributed by atoms with van der Waals surface area (Å²) < 4.78 is 44.8. The van der Waals surface area contributed by atoms with Gasteiger partial charge in [0.2, 0.25) is 0 Å². The van der Waals surface area contributed by atoms with Crippen molar-refractivity contribution in [2.75, 3.05) is 0 Å². The number of aryl methyl sites for hydroxylation is 1. The molecule has 0 saturated heterocycles. The molecule has 0 radical (unpaired) electrons. The number of rotatable bonds is 6. The summed E-state index contributed by atoms with van der Waals surface area (Å²) in [4.78, 5) is 29.8. The molecule has 33 heavy (non-hydrogen) atoms. The highest BCUT2D eigenvalue weighted by atomic mass is 35.5. The Balaban J connectivity index is 1.72. The largest absolute Gasteiger partial charge is 0.460 e. The van der Waals surface area contributed by atoms with Crippen LogP contribution in [0, 0.1) is 0 Å². The van der Waals surface area contributed by atoms with Crippen LogP contribution in [0.2, 0.25) is 5.02 Å². The van der Waals surface area contributed by atoms with E-state index in [0.29, 0.717) is 24.1 Å². The van der Waals surface area contributed by atoms with Crippen LogP contribution in [-0.4, -0.2) is 22.3 Å². The van der Waals surface area contributed by atoms with E-state index in [0.717, 1.165) is 11.6 Å². The van der Waals surface area contributed by atoms with E-state index >= 15 is 0 Å². The lowest BCUT2D eigenvalue weighted by Crippen LogP contribution is -2.27. The number of carbonyl (C=O) groups is 2. The van der Waals surface area contributed by atoms with Crippen LogP contribution in [0.15, 0.2) is 36.5 Å². The van der Waals surface area contributed by atoms with E-state index in [-0.39, 0.29) is 42.0 Å². The van der Waals surface area contributed by atoms with Gasteiger partial charge in [0.1, 0.15) is 11.4 Å². The molecular formula is C25H27ClF3NO3. The number of fused-ring (bicyclic) bond motifs is 1. The maximum absolute atomic E-state index is 13.1. The number of nitrogens with zero attached hydrogens (tertiary/aromatic N) is 1. The second-order valence-corrected chi connectivity index (χ2v) is 9.72. The molecule has 1 aliphatic carbocycles. The number of hydrogen-bond donors (Lipinski definition) is 0. The number of pyridine rings is 1. The molecule has 0 fully saturated rings. The quantitative estimate of drug-likeness (QED) is 0.433. The molecule has 2 unspecified atom stereocenters. The zero-order valence-electron chi connectivity index (χ0n) is 18.8. The molecule has 2 aromatic rings.